The van der Waals surface area contributed by atoms with Crippen molar-refractivity contribution in [3.8, 4) is 0 Å². The van der Waals surface area contributed by atoms with E-state index < -0.39 is 0 Å². The van der Waals surface area contributed by atoms with Gasteiger partial charge in [0.2, 0.25) is 5.91 Å². The zero-order valence-corrected chi connectivity index (χ0v) is 12.0. The monoisotopic (exact) mass is 293 g/mol. The van der Waals surface area contributed by atoms with Crippen molar-refractivity contribution in [2.75, 3.05) is 26.3 Å². The van der Waals surface area contributed by atoms with Crippen LogP contribution >= 0.6 is 0 Å². The van der Waals surface area contributed by atoms with Gasteiger partial charge in [-0.05, 0) is 30.5 Å². The third-order valence-corrected chi connectivity index (χ3v) is 4.19. The van der Waals surface area contributed by atoms with Gasteiger partial charge in [0.05, 0.1) is 19.6 Å². The van der Waals surface area contributed by atoms with Crippen LogP contribution in [-0.2, 0) is 20.7 Å². The number of nitrogens with zero attached hydrogens (tertiary/aromatic N) is 1. The average molecular weight is 293 g/mol. The van der Waals surface area contributed by atoms with E-state index in [1.54, 1.807) is 12.1 Å². The van der Waals surface area contributed by atoms with Crippen LogP contribution in [0, 0.1) is 11.7 Å². The molecule has 1 amide bonds. The third kappa shape index (κ3) is 3.60. The Balaban J connectivity index is 1.49. The fourth-order valence-corrected chi connectivity index (χ4v) is 2.96. The van der Waals surface area contributed by atoms with Crippen molar-refractivity contribution in [1.29, 1.82) is 0 Å². The number of ether oxygens (including phenoxy) is 2. The zero-order valence-electron chi connectivity index (χ0n) is 12.0. The molecule has 2 aliphatic rings. The maximum atomic E-state index is 12.9. The lowest BCUT2D eigenvalue weighted by molar-refractivity contribution is -0.136. The van der Waals surface area contributed by atoms with Gasteiger partial charge in [-0.3, -0.25) is 4.79 Å². The number of carbonyl (C=O) groups excluding carboxylic acids is 1. The largest absolute Gasteiger partial charge is 0.350 e. The van der Waals surface area contributed by atoms with Crippen molar-refractivity contribution >= 4 is 5.91 Å². The molecule has 0 saturated carbocycles. The highest BCUT2D eigenvalue weighted by Crippen LogP contribution is 2.26. The minimum absolute atomic E-state index is 0.0839. The third-order valence-electron chi connectivity index (χ3n) is 4.19. The molecule has 0 spiro atoms. The Morgan fingerprint density at radius 3 is 2.38 bits per heavy atom. The molecule has 0 aliphatic carbocycles. The fourth-order valence-electron chi connectivity index (χ4n) is 2.96. The highest BCUT2D eigenvalue weighted by Gasteiger charge is 2.31. The number of rotatable bonds is 3. The van der Waals surface area contributed by atoms with Gasteiger partial charge in [0.1, 0.15) is 5.82 Å². The molecule has 2 saturated heterocycles. The molecule has 0 radical (unpaired) electrons. The molecule has 0 atom stereocenters. The van der Waals surface area contributed by atoms with Gasteiger partial charge in [-0.15, -0.1) is 0 Å². The highest BCUT2D eigenvalue weighted by molar-refractivity contribution is 5.78. The van der Waals surface area contributed by atoms with Gasteiger partial charge in [-0.1, -0.05) is 12.1 Å². The molecule has 1 aromatic carbocycles. The van der Waals surface area contributed by atoms with Gasteiger partial charge in [0.25, 0.3) is 0 Å². The second kappa shape index (κ2) is 6.54. The summed E-state index contributed by atoms with van der Waals surface area (Å²) in [4.78, 5) is 14.1. The van der Waals surface area contributed by atoms with Gasteiger partial charge in [0.15, 0.2) is 6.29 Å². The van der Waals surface area contributed by atoms with Crippen molar-refractivity contribution in [2.45, 2.75) is 25.6 Å². The van der Waals surface area contributed by atoms with Crippen LogP contribution in [0.15, 0.2) is 24.3 Å². The van der Waals surface area contributed by atoms with E-state index in [0.717, 1.165) is 31.5 Å². The minimum atomic E-state index is -0.274. The van der Waals surface area contributed by atoms with E-state index in [0.29, 0.717) is 25.6 Å². The quantitative estimate of drug-likeness (QED) is 0.855. The molecule has 0 unspecified atom stereocenters. The highest BCUT2D eigenvalue weighted by atomic mass is 19.1. The summed E-state index contributed by atoms with van der Waals surface area (Å²) in [5.74, 6) is 0.222. The fraction of sp³-hybridized carbons (Fsp3) is 0.562. The first-order chi connectivity index (χ1) is 10.2. The second-order valence-corrected chi connectivity index (χ2v) is 5.63. The van der Waals surface area contributed by atoms with Crippen LogP contribution in [0.5, 0.6) is 0 Å². The van der Waals surface area contributed by atoms with Crippen LogP contribution in [0.3, 0.4) is 0 Å². The second-order valence-electron chi connectivity index (χ2n) is 5.63. The van der Waals surface area contributed by atoms with Gasteiger partial charge in [-0.2, -0.15) is 0 Å². The molecule has 0 N–H and O–H groups in total. The van der Waals surface area contributed by atoms with Crippen molar-refractivity contribution in [2.24, 2.45) is 5.92 Å². The molecule has 1 aromatic rings. The molecule has 2 aliphatic heterocycles. The van der Waals surface area contributed by atoms with Crippen molar-refractivity contribution < 1.29 is 18.7 Å². The molecular weight excluding hydrogens is 273 g/mol. The molecule has 0 aromatic heterocycles. The Hall–Kier alpha value is -1.46. The van der Waals surface area contributed by atoms with Crippen molar-refractivity contribution in [3.63, 3.8) is 0 Å². The van der Waals surface area contributed by atoms with E-state index in [4.69, 9.17) is 9.47 Å². The van der Waals surface area contributed by atoms with Crippen LogP contribution in [0.2, 0.25) is 0 Å². The van der Waals surface area contributed by atoms with Crippen LogP contribution in [0.4, 0.5) is 4.39 Å². The Morgan fingerprint density at radius 2 is 1.76 bits per heavy atom. The lowest BCUT2D eigenvalue weighted by atomic mass is 9.95. The van der Waals surface area contributed by atoms with Crippen LogP contribution in [0.1, 0.15) is 18.4 Å². The summed E-state index contributed by atoms with van der Waals surface area (Å²) in [6.07, 6.45) is 2.08. The number of hydrogen-bond donors (Lipinski definition) is 0. The Labute approximate surface area is 123 Å². The molecule has 2 fully saturated rings. The van der Waals surface area contributed by atoms with Gasteiger partial charge in [-0.25, -0.2) is 4.39 Å². The maximum absolute atomic E-state index is 12.9. The molecule has 21 heavy (non-hydrogen) atoms. The topological polar surface area (TPSA) is 38.8 Å². The molecule has 5 heteroatoms. The molecule has 3 rings (SSSR count). The van der Waals surface area contributed by atoms with E-state index in [1.165, 1.54) is 12.1 Å². The maximum Gasteiger partial charge on any atom is 0.226 e. The lowest BCUT2D eigenvalue weighted by Crippen LogP contribution is -2.42. The first-order valence-electron chi connectivity index (χ1n) is 7.48. The number of carbonyl (C=O) groups is 1. The van der Waals surface area contributed by atoms with E-state index in [9.17, 15) is 9.18 Å². The number of benzene rings is 1. The first kappa shape index (κ1) is 14.5. The summed E-state index contributed by atoms with van der Waals surface area (Å²) in [6.45, 7) is 2.84. The number of piperidine rings is 1. The van der Waals surface area contributed by atoms with E-state index in [2.05, 4.69) is 0 Å². The number of hydrogen-bond acceptors (Lipinski definition) is 3. The van der Waals surface area contributed by atoms with E-state index in [1.807, 2.05) is 4.90 Å². The van der Waals surface area contributed by atoms with E-state index >= 15 is 0 Å². The Bertz CT molecular complexity index is 477. The number of amides is 1. The van der Waals surface area contributed by atoms with Crippen molar-refractivity contribution in [3.05, 3.63) is 35.6 Å². The van der Waals surface area contributed by atoms with Crippen LogP contribution in [0.25, 0.3) is 0 Å². The smallest absolute Gasteiger partial charge is 0.226 e. The standard InChI is InChI=1S/C16H20FNO3/c17-14-3-1-12(2-4-14)11-15(19)18-7-5-13(6-8-18)16-20-9-10-21-16/h1-4,13,16H,5-11H2. The van der Waals surface area contributed by atoms with Crippen molar-refractivity contribution in [1.82, 2.24) is 4.90 Å². The van der Waals surface area contributed by atoms with Crippen LogP contribution in [-0.4, -0.2) is 43.4 Å². The number of halogens is 1. The predicted molar refractivity (Wildman–Crippen MR) is 75.1 cm³/mol. The molecule has 0 bridgehead atoms. The van der Waals surface area contributed by atoms with Gasteiger partial charge >= 0.3 is 0 Å². The molecular formula is C16H20FNO3. The summed E-state index contributed by atoms with van der Waals surface area (Å²) in [6, 6.07) is 6.12. The molecule has 114 valence electrons. The number of likely N-dealkylation sites (tertiary alicyclic amines) is 1. The Morgan fingerprint density at radius 1 is 1.14 bits per heavy atom. The summed E-state index contributed by atoms with van der Waals surface area (Å²) in [5, 5.41) is 0. The predicted octanol–water partition coefficient (Wildman–Crippen LogP) is 1.98. The summed E-state index contributed by atoms with van der Waals surface area (Å²) in [7, 11) is 0. The summed E-state index contributed by atoms with van der Waals surface area (Å²) in [5.41, 5.74) is 0.853. The normalized spacial score (nSPS) is 20.9. The Kier molecular flexibility index (Phi) is 4.51. The molecule has 4 nitrogen and oxygen atoms in total. The van der Waals surface area contributed by atoms with Crippen LogP contribution < -0.4 is 0 Å². The van der Waals surface area contributed by atoms with E-state index in [-0.39, 0.29) is 18.0 Å². The van der Waals surface area contributed by atoms with Gasteiger partial charge in [0, 0.05) is 19.0 Å². The SMILES string of the molecule is O=C(Cc1ccc(F)cc1)N1CCC(C2OCCO2)CC1. The zero-order chi connectivity index (χ0) is 14.7. The average Bonchev–Trinajstić information content (AvgIpc) is 3.04. The summed E-state index contributed by atoms with van der Waals surface area (Å²) < 4.78 is 23.9. The minimum Gasteiger partial charge on any atom is -0.350 e. The lowest BCUT2D eigenvalue weighted by Gasteiger charge is -2.34. The molecule has 2 heterocycles. The summed E-state index contributed by atoms with van der Waals surface area (Å²) >= 11 is 0. The van der Waals surface area contributed by atoms with Gasteiger partial charge < -0.3 is 14.4 Å². The first-order valence-corrected chi connectivity index (χ1v) is 7.48.